The van der Waals surface area contributed by atoms with Gasteiger partial charge < -0.3 is 15.8 Å². The summed E-state index contributed by atoms with van der Waals surface area (Å²) in [6.45, 7) is 2.20. The molecule has 0 fully saturated rings. The van der Waals surface area contributed by atoms with Crippen molar-refractivity contribution in [2.75, 3.05) is 19.0 Å². The molecule has 0 aliphatic rings. The Morgan fingerprint density at radius 2 is 2.18 bits per heavy atom. The lowest BCUT2D eigenvalue weighted by Gasteiger charge is -2.11. The number of ether oxygens (including phenoxy) is 1. The first-order valence-corrected chi connectivity index (χ1v) is 5.82. The van der Waals surface area contributed by atoms with E-state index in [1.54, 1.807) is 7.11 Å². The number of aryl methyl sites for hydroxylation is 1. The maximum atomic E-state index is 11.1. The second kappa shape index (κ2) is 6.91. The number of unbranched alkanes of at least 4 members (excludes halogenated alkanes) is 1. The second-order valence-electron chi connectivity index (χ2n) is 3.95. The summed E-state index contributed by atoms with van der Waals surface area (Å²) < 4.78 is 5.15. The predicted molar refractivity (Wildman–Crippen MR) is 69.3 cm³/mol. The van der Waals surface area contributed by atoms with E-state index in [1.807, 2.05) is 18.2 Å². The van der Waals surface area contributed by atoms with E-state index in [1.165, 1.54) is 6.92 Å². The quantitative estimate of drug-likeness (QED) is 0.742. The first kappa shape index (κ1) is 13.5. The van der Waals surface area contributed by atoms with Crippen LogP contribution in [0.3, 0.4) is 0 Å². The zero-order valence-electron chi connectivity index (χ0n) is 10.5. The topological polar surface area (TPSA) is 64.3 Å². The Balaban J connectivity index is 2.81. The standard InChI is InChI=1S/C13H20N2O2/c1-10(16)15-13-9-12(17-2)7-6-11(13)5-3-4-8-14/h6-7,9H,3-5,8,14H2,1-2H3,(H,15,16). The van der Waals surface area contributed by atoms with E-state index < -0.39 is 0 Å². The molecule has 94 valence electrons. The van der Waals surface area contributed by atoms with Gasteiger partial charge in [0.15, 0.2) is 0 Å². The van der Waals surface area contributed by atoms with Gasteiger partial charge in [0.25, 0.3) is 0 Å². The van der Waals surface area contributed by atoms with E-state index in [-0.39, 0.29) is 5.91 Å². The fraction of sp³-hybridized carbons (Fsp3) is 0.462. The highest BCUT2D eigenvalue weighted by Gasteiger charge is 2.05. The van der Waals surface area contributed by atoms with Gasteiger partial charge in [-0.05, 0) is 37.4 Å². The first-order chi connectivity index (χ1) is 8.17. The number of nitrogens with two attached hydrogens (primary N) is 1. The summed E-state index contributed by atoms with van der Waals surface area (Å²) in [6, 6.07) is 5.74. The molecule has 0 saturated heterocycles. The van der Waals surface area contributed by atoms with E-state index in [0.717, 1.165) is 36.3 Å². The molecule has 1 aromatic rings. The average molecular weight is 236 g/mol. The van der Waals surface area contributed by atoms with Gasteiger partial charge in [-0.1, -0.05) is 6.07 Å². The lowest BCUT2D eigenvalue weighted by atomic mass is 10.1. The Bertz CT molecular complexity index is 378. The van der Waals surface area contributed by atoms with Crippen LogP contribution in [0.2, 0.25) is 0 Å². The SMILES string of the molecule is COc1ccc(CCCCN)c(NC(C)=O)c1. The van der Waals surface area contributed by atoms with Crippen molar-refractivity contribution >= 4 is 11.6 Å². The molecule has 4 nitrogen and oxygen atoms in total. The van der Waals surface area contributed by atoms with Crippen LogP contribution in [0.4, 0.5) is 5.69 Å². The second-order valence-corrected chi connectivity index (χ2v) is 3.95. The zero-order chi connectivity index (χ0) is 12.7. The number of anilines is 1. The highest BCUT2D eigenvalue weighted by Crippen LogP contribution is 2.24. The number of hydrogen-bond acceptors (Lipinski definition) is 3. The van der Waals surface area contributed by atoms with Crippen LogP contribution >= 0.6 is 0 Å². The largest absolute Gasteiger partial charge is 0.497 e. The van der Waals surface area contributed by atoms with Gasteiger partial charge in [0.1, 0.15) is 5.75 Å². The summed E-state index contributed by atoms with van der Waals surface area (Å²) in [5.74, 6) is 0.676. The minimum Gasteiger partial charge on any atom is -0.497 e. The zero-order valence-corrected chi connectivity index (χ0v) is 10.5. The monoisotopic (exact) mass is 236 g/mol. The van der Waals surface area contributed by atoms with Crippen LogP contribution in [0.15, 0.2) is 18.2 Å². The Morgan fingerprint density at radius 1 is 1.41 bits per heavy atom. The summed E-state index contributed by atoms with van der Waals surface area (Å²) in [4.78, 5) is 11.1. The molecule has 0 aliphatic carbocycles. The van der Waals surface area contributed by atoms with Gasteiger partial charge in [-0.25, -0.2) is 0 Å². The number of carbonyl (C=O) groups excluding carboxylic acids is 1. The van der Waals surface area contributed by atoms with Crippen LogP contribution in [0, 0.1) is 0 Å². The minimum absolute atomic E-state index is 0.0710. The Labute approximate surface area is 102 Å². The molecule has 0 spiro atoms. The number of carbonyl (C=O) groups is 1. The molecule has 0 saturated carbocycles. The molecule has 0 radical (unpaired) electrons. The van der Waals surface area contributed by atoms with Crippen LogP contribution in [0.5, 0.6) is 5.75 Å². The number of benzene rings is 1. The average Bonchev–Trinajstić information content (AvgIpc) is 2.30. The number of rotatable bonds is 6. The molecule has 1 aromatic carbocycles. The highest BCUT2D eigenvalue weighted by molar-refractivity contribution is 5.89. The summed E-state index contributed by atoms with van der Waals surface area (Å²) in [6.07, 6.45) is 2.93. The van der Waals surface area contributed by atoms with Crippen LogP contribution < -0.4 is 15.8 Å². The Morgan fingerprint density at radius 3 is 2.76 bits per heavy atom. The molecular formula is C13H20N2O2. The molecule has 0 bridgehead atoms. The number of nitrogens with one attached hydrogen (secondary N) is 1. The maximum absolute atomic E-state index is 11.1. The normalized spacial score (nSPS) is 10.1. The van der Waals surface area contributed by atoms with Crippen molar-refractivity contribution < 1.29 is 9.53 Å². The van der Waals surface area contributed by atoms with Crippen molar-refractivity contribution in [2.24, 2.45) is 5.73 Å². The fourth-order valence-corrected chi connectivity index (χ4v) is 1.67. The van der Waals surface area contributed by atoms with Crippen LogP contribution in [-0.4, -0.2) is 19.6 Å². The van der Waals surface area contributed by atoms with E-state index in [0.29, 0.717) is 6.54 Å². The van der Waals surface area contributed by atoms with Crippen LogP contribution in [0.1, 0.15) is 25.3 Å². The summed E-state index contributed by atoms with van der Waals surface area (Å²) in [5, 5.41) is 2.82. The smallest absolute Gasteiger partial charge is 0.221 e. The number of hydrogen-bond donors (Lipinski definition) is 2. The van der Waals surface area contributed by atoms with E-state index in [2.05, 4.69) is 5.32 Å². The molecule has 4 heteroatoms. The molecule has 0 aromatic heterocycles. The third-order valence-corrected chi connectivity index (χ3v) is 2.53. The van der Waals surface area contributed by atoms with Crippen molar-refractivity contribution in [1.29, 1.82) is 0 Å². The molecule has 1 amide bonds. The maximum Gasteiger partial charge on any atom is 0.221 e. The Kier molecular flexibility index (Phi) is 5.49. The highest BCUT2D eigenvalue weighted by atomic mass is 16.5. The van der Waals surface area contributed by atoms with Gasteiger partial charge in [-0.2, -0.15) is 0 Å². The molecule has 0 heterocycles. The molecule has 17 heavy (non-hydrogen) atoms. The molecule has 0 atom stereocenters. The lowest BCUT2D eigenvalue weighted by Crippen LogP contribution is -2.09. The molecular weight excluding hydrogens is 216 g/mol. The molecule has 0 unspecified atom stereocenters. The number of amides is 1. The lowest BCUT2D eigenvalue weighted by molar-refractivity contribution is -0.114. The van der Waals surface area contributed by atoms with Gasteiger partial charge in [-0.15, -0.1) is 0 Å². The van der Waals surface area contributed by atoms with Crippen molar-refractivity contribution in [3.8, 4) is 5.75 Å². The van der Waals surface area contributed by atoms with E-state index in [4.69, 9.17) is 10.5 Å². The van der Waals surface area contributed by atoms with Crippen LogP contribution in [-0.2, 0) is 11.2 Å². The van der Waals surface area contributed by atoms with Crippen LogP contribution in [0.25, 0.3) is 0 Å². The van der Waals surface area contributed by atoms with E-state index >= 15 is 0 Å². The van der Waals surface area contributed by atoms with Gasteiger partial charge in [0, 0.05) is 18.7 Å². The summed E-state index contributed by atoms with van der Waals surface area (Å²) in [7, 11) is 1.61. The van der Waals surface area contributed by atoms with Gasteiger partial charge in [0.2, 0.25) is 5.91 Å². The number of methoxy groups -OCH3 is 1. The van der Waals surface area contributed by atoms with Crippen molar-refractivity contribution in [3.63, 3.8) is 0 Å². The third-order valence-electron chi connectivity index (χ3n) is 2.53. The molecule has 0 aliphatic heterocycles. The summed E-state index contributed by atoms with van der Waals surface area (Å²) >= 11 is 0. The Hall–Kier alpha value is -1.55. The van der Waals surface area contributed by atoms with Crippen molar-refractivity contribution in [2.45, 2.75) is 26.2 Å². The van der Waals surface area contributed by atoms with Crippen molar-refractivity contribution in [1.82, 2.24) is 0 Å². The van der Waals surface area contributed by atoms with Crippen molar-refractivity contribution in [3.05, 3.63) is 23.8 Å². The summed E-state index contributed by atoms with van der Waals surface area (Å²) in [5.41, 5.74) is 7.41. The van der Waals surface area contributed by atoms with Gasteiger partial charge in [0.05, 0.1) is 7.11 Å². The fourth-order valence-electron chi connectivity index (χ4n) is 1.67. The van der Waals surface area contributed by atoms with Gasteiger partial charge in [-0.3, -0.25) is 4.79 Å². The minimum atomic E-state index is -0.0710. The molecule has 3 N–H and O–H groups in total. The van der Waals surface area contributed by atoms with Gasteiger partial charge >= 0.3 is 0 Å². The third kappa shape index (κ3) is 4.44. The molecule has 1 rings (SSSR count). The first-order valence-electron chi connectivity index (χ1n) is 5.82. The van der Waals surface area contributed by atoms with E-state index in [9.17, 15) is 4.79 Å². The predicted octanol–water partition coefficient (Wildman–Crippen LogP) is 1.93.